The molecule has 0 saturated carbocycles. The van der Waals surface area contributed by atoms with Crippen LogP contribution in [0.1, 0.15) is 18.3 Å². The molecule has 56 heavy (non-hydrogen) atoms. The smallest absolute Gasteiger partial charge is 0.221 e. The number of hydrogen-bond acceptors (Lipinski definition) is 3. The van der Waals surface area contributed by atoms with Crippen LogP contribution in [0.3, 0.4) is 0 Å². The number of aromatic nitrogens is 6. The van der Waals surface area contributed by atoms with Gasteiger partial charge in [0, 0.05) is 32.3 Å². The van der Waals surface area contributed by atoms with E-state index in [1.165, 1.54) is 26.9 Å². The number of nitrogens with zero attached hydrogens (tertiary/aromatic N) is 6. The maximum Gasteiger partial charge on any atom is 0.221 e. The third-order valence-corrected chi connectivity index (χ3v) is 11.5. The van der Waals surface area contributed by atoms with Crippen LogP contribution in [0, 0.1) is 0 Å². The Balaban J connectivity index is 1.19. The second kappa shape index (κ2) is 11.5. The van der Waals surface area contributed by atoms with Crippen molar-refractivity contribution in [3.63, 3.8) is 0 Å². The highest BCUT2D eigenvalue weighted by Crippen LogP contribution is 2.40. The SMILES string of the molecule is C=Cc1nc2c3ccc4ccccc4c3c3ccc(-c4ccc5c6ccccc6n(-c6nc7ccccc7c7nc8ccccc8n67)c5c4)cc3n2c1/C=C\C. The Morgan fingerprint density at radius 2 is 1.14 bits per heavy atom. The Bertz CT molecular complexity index is 3690. The molecule has 0 spiro atoms. The van der Waals surface area contributed by atoms with E-state index in [9.17, 15) is 0 Å². The Kier molecular flexibility index (Phi) is 6.32. The van der Waals surface area contributed by atoms with Gasteiger partial charge in [-0.2, -0.15) is 0 Å². The van der Waals surface area contributed by atoms with Gasteiger partial charge in [-0.05, 0) is 89.5 Å². The van der Waals surface area contributed by atoms with E-state index in [-0.39, 0.29) is 0 Å². The van der Waals surface area contributed by atoms with Gasteiger partial charge in [0.25, 0.3) is 0 Å². The number of rotatable bonds is 4. The molecule has 12 aromatic rings. The summed E-state index contributed by atoms with van der Waals surface area (Å²) in [6.45, 7) is 6.20. The van der Waals surface area contributed by atoms with Crippen molar-refractivity contribution in [1.29, 1.82) is 0 Å². The molecular weight excluding hydrogens is 685 g/mol. The molecule has 262 valence electrons. The number of hydrogen-bond donors (Lipinski definition) is 0. The predicted octanol–water partition coefficient (Wildman–Crippen LogP) is 12.6. The first-order valence-corrected chi connectivity index (χ1v) is 18.9. The van der Waals surface area contributed by atoms with E-state index in [1.807, 2.05) is 25.1 Å². The van der Waals surface area contributed by atoms with Crippen molar-refractivity contribution in [2.24, 2.45) is 0 Å². The summed E-state index contributed by atoms with van der Waals surface area (Å²) in [5.41, 5.74) is 12.0. The molecule has 0 amide bonds. The molecule has 0 unspecified atom stereocenters. The molecule has 7 aromatic carbocycles. The van der Waals surface area contributed by atoms with Gasteiger partial charge in [-0.25, -0.2) is 15.0 Å². The van der Waals surface area contributed by atoms with Gasteiger partial charge in [-0.1, -0.05) is 110 Å². The number of allylic oxidation sites excluding steroid dienone is 1. The topological polar surface area (TPSA) is 52.4 Å². The van der Waals surface area contributed by atoms with Crippen molar-refractivity contribution in [3.8, 4) is 17.1 Å². The van der Waals surface area contributed by atoms with Gasteiger partial charge in [0.1, 0.15) is 11.3 Å². The summed E-state index contributed by atoms with van der Waals surface area (Å²) in [5, 5.41) is 9.29. The van der Waals surface area contributed by atoms with E-state index >= 15 is 0 Å². The minimum Gasteiger partial charge on any atom is -0.292 e. The third-order valence-electron chi connectivity index (χ3n) is 11.5. The summed E-state index contributed by atoms with van der Waals surface area (Å²) < 4.78 is 6.84. The van der Waals surface area contributed by atoms with Crippen LogP contribution in [-0.2, 0) is 0 Å². The van der Waals surface area contributed by atoms with Crippen LogP contribution in [0.5, 0.6) is 0 Å². The zero-order valence-corrected chi connectivity index (χ0v) is 30.5. The van der Waals surface area contributed by atoms with Crippen molar-refractivity contribution < 1.29 is 0 Å². The lowest BCUT2D eigenvalue weighted by Gasteiger charge is -2.14. The number of para-hydroxylation sites is 4. The number of benzene rings is 7. The highest BCUT2D eigenvalue weighted by Gasteiger charge is 2.22. The van der Waals surface area contributed by atoms with Crippen molar-refractivity contribution >= 4 is 99.6 Å². The third kappa shape index (κ3) is 4.12. The molecule has 0 aliphatic carbocycles. The monoisotopic (exact) mass is 716 g/mol. The van der Waals surface area contributed by atoms with E-state index in [4.69, 9.17) is 15.0 Å². The van der Waals surface area contributed by atoms with E-state index in [0.29, 0.717) is 0 Å². The largest absolute Gasteiger partial charge is 0.292 e. The van der Waals surface area contributed by atoms with Crippen molar-refractivity contribution in [3.05, 3.63) is 170 Å². The molecule has 0 aliphatic heterocycles. The molecule has 0 N–H and O–H groups in total. The average Bonchev–Trinajstić information content (AvgIpc) is 3.93. The normalized spacial score (nSPS) is 12.4. The van der Waals surface area contributed by atoms with Gasteiger partial charge in [-0.15, -0.1) is 0 Å². The van der Waals surface area contributed by atoms with Gasteiger partial charge in [0.15, 0.2) is 0 Å². The quantitative estimate of drug-likeness (QED) is 0.170. The average molecular weight is 717 g/mol. The first-order chi connectivity index (χ1) is 27.7. The van der Waals surface area contributed by atoms with Gasteiger partial charge in [0.2, 0.25) is 5.95 Å². The molecule has 6 heteroatoms. The molecule has 0 radical (unpaired) electrons. The summed E-state index contributed by atoms with van der Waals surface area (Å²) >= 11 is 0. The molecular formula is C50H32N6. The Labute approximate surface area is 320 Å². The van der Waals surface area contributed by atoms with Crippen LogP contribution < -0.4 is 0 Å². The lowest BCUT2D eigenvalue weighted by atomic mass is 9.96. The highest BCUT2D eigenvalue weighted by molar-refractivity contribution is 6.23. The van der Waals surface area contributed by atoms with Gasteiger partial charge in [0.05, 0.1) is 44.5 Å². The van der Waals surface area contributed by atoms with Crippen molar-refractivity contribution in [2.45, 2.75) is 6.92 Å². The molecule has 0 aliphatic rings. The maximum atomic E-state index is 5.40. The molecule has 12 rings (SSSR count). The fourth-order valence-corrected chi connectivity index (χ4v) is 9.04. The molecule has 0 bridgehead atoms. The molecule has 0 fully saturated rings. The van der Waals surface area contributed by atoms with Crippen LogP contribution >= 0.6 is 0 Å². The molecule has 0 saturated heterocycles. The maximum absolute atomic E-state index is 5.40. The van der Waals surface area contributed by atoms with Crippen LogP contribution in [0.4, 0.5) is 0 Å². The minimum atomic E-state index is 0.806. The lowest BCUT2D eigenvalue weighted by molar-refractivity contribution is 0.979. The summed E-state index contributed by atoms with van der Waals surface area (Å²) in [6, 6.07) is 52.0. The summed E-state index contributed by atoms with van der Waals surface area (Å²) in [4.78, 5) is 15.7. The fraction of sp³-hybridized carbons (Fsp3) is 0.0200. The van der Waals surface area contributed by atoms with Gasteiger partial charge < -0.3 is 0 Å². The van der Waals surface area contributed by atoms with E-state index < -0.39 is 0 Å². The number of pyridine rings is 1. The molecule has 5 aromatic heterocycles. The van der Waals surface area contributed by atoms with Gasteiger partial charge >= 0.3 is 0 Å². The first-order valence-electron chi connectivity index (χ1n) is 18.9. The lowest BCUT2D eigenvalue weighted by Crippen LogP contribution is -2.06. The minimum absolute atomic E-state index is 0.806. The Morgan fingerprint density at radius 3 is 1.96 bits per heavy atom. The van der Waals surface area contributed by atoms with E-state index in [2.05, 4.69) is 166 Å². The van der Waals surface area contributed by atoms with Gasteiger partial charge in [-0.3, -0.25) is 13.4 Å². The Morgan fingerprint density at radius 1 is 0.500 bits per heavy atom. The van der Waals surface area contributed by atoms with Crippen molar-refractivity contribution in [2.75, 3.05) is 0 Å². The van der Waals surface area contributed by atoms with Crippen molar-refractivity contribution in [1.82, 2.24) is 28.3 Å². The summed E-state index contributed by atoms with van der Waals surface area (Å²) in [5.74, 6) is 0.806. The number of imidazole rings is 2. The summed E-state index contributed by atoms with van der Waals surface area (Å²) in [7, 11) is 0. The zero-order valence-electron chi connectivity index (χ0n) is 30.5. The zero-order chi connectivity index (χ0) is 37.1. The second-order valence-electron chi connectivity index (χ2n) is 14.5. The summed E-state index contributed by atoms with van der Waals surface area (Å²) in [6.07, 6.45) is 6.07. The Hall–Kier alpha value is -7.57. The first kappa shape index (κ1) is 30.8. The van der Waals surface area contributed by atoms with E-state index in [0.717, 1.165) is 89.0 Å². The molecule has 6 nitrogen and oxygen atoms in total. The molecule has 0 atom stereocenters. The van der Waals surface area contributed by atoms with Crippen LogP contribution in [0.15, 0.2) is 158 Å². The predicted molar refractivity (Wildman–Crippen MR) is 234 cm³/mol. The second-order valence-corrected chi connectivity index (χ2v) is 14.5. The standard InChI is InChI=1S/C50H32N6/c1-3-13-43-39(4-2)51-49-38-27-22-30-14-5-6-15-33(30)47(38)37-26-24-32(29-46(37)54(43)49)31-23-25-35-34-16-8-11-20-42(34)55(45(35)28-31)50-53-40-18-9-7-17-36(40)48-52-41-19-10-12-21-44(41)56(48)50/h3-29H,2H2,1H3/b13-3-. The van der Waals surface area contributed by atoms with E-state index in [1.54, 1.807) is 0 Å². The van der Waals surface area contributed by atoms with Crippen LogP contribution in [-0.4, -0.2) is 28.3 Å². The molecule has 5 heterocycles. The van der Waals surface area contributed by atoms with Crippen LogP contribution in [0.2, 0.25) is 0 Å². The highest BCUT2D eigenvalue weighted by atomic mass is 15.2. The number of fused-ring (bicyclic) bond motifs is 16. The van der Waals surface area contributed by atoms with Crippen LogP contribution in [0.25, 0.3) is 117 Å². The fourth-order valence-electron chi connectivity index (χ4n) is 9.04.